The van der Waals surface area contributed by atoms with Gasteiger partial charge in [-0.3, -0.25) is 4.90 Å². The quantitative estimate of drug-likeness (QED) is 0.502. The zero-order valence-electron chi connectivity index (χ0n) is 19.8. The van der Waals surface area contributed by atoms with Crippen molar-refractivity contribution in [2.45, 2.75) is 38.5 Å². The van der Waals surface area contributed by atoms with Crippen LogP contribution >= 0.6 is 0 Å². The van der Waals surface area contributed by atoms with Crippen molar-refractivity contribution in [2.24, 2.45) is 5.92 Å². The van der Waals surface area contributed by atoms with Crippen molar-refractivity contribution in [1.29, 1.82) is 0 Å². The van der Waals surface area contributed by atoms with Gasteiger partial charge in [0.2, 0.25) is 0 Å². The number of hydrogen-bond acceptors (Lipinski definition) is 6. The number of piperidine rings is 1. The van der Waals surface area contributed by atoms with Gasteiger partial charge in [-0.25, -0.2) is 0 Å². The number of fused-ring (bicyclic) bond motifs is 1. The fourth-order valence-electron chi connectivity index (χ4n) is 5.17. The highest BCUT2D eigenvalue weighted by atomic mass is 16.7. The number of nitrogens with zero attached hydrogens (tertiary/aromatic N) is 3. The van der Waals surface area contributed by atoms with Gasteiger partial charge >= 0.3 is 0 Å². The number of benzene rings is 2. The molecule has 2 aliphatic heterocycles. The van der Waals surface area contributed by atoms with Gasteiger partial charge in [-0.05, 0) is 76.0 Å². The van der Waals surface area contributed by atoms with E-state index in [1.165, 1.54) is 34.9 Å². The van der Waals surface area contributed by atoms with E-state index in [1.54, 1.807) is 0 Å². The maximum Gasteiger partial charge on any atom is 0.172 e. The van der Waals surface area contributed by atoms with Crippen molar-refractivity contribution >= 4 is 11.0 Å². The van der Waals surface area contributed by atoms with Crippen LogP contribution < -0.4 is 0 Å². The van der Waals surface area contributed by atoms with Crippen molar-refractivity contribution in [3.63, 3.8) is 0 Å². The Kier molecular flexibility index (Phi) is 7.07. The minimum atomic E-state index is -0.0276. The summed E-state index contributed by atoms with van der Waals surface area (Å²) in [7, 11) is 4.20. The zero-order chi connectivity index (χ0) is 22.6. The van der Waals surface area contributed by atoms with E-state index >= 15 is 0 Å². The second-order valence-corrected chi connectivity index (χ2v) is 9.66. The predicted molar refractivity (Wildman–Crippen MR) is 130 cm³/mol. The summed E-state index contributed by atoms with van der Waals surface area (Å²) >= 11 is 0. The summed E-state index contributed by atoms with van der Waals surface area (Å²) < 4.78 is 17.2. The van der Waals surface area contributed by atoms with E-state index in [0.29, 0.717) is 0 Å². The second kappa shape index (κ2) is 10.3. The monoisotopic (exact) mass is 449 g/mol. The van der Waals surface area contributed by atoms with Crippen LogP contribution in [0.4, 0.5) is 0 Å². The zero-order valence-corrected chi connectivity index (χ0v) is 19.8. The lowest BCUT2D eigenvalue weighted by Gasteiger charge is -2.32. The Bertz CT molecular complexity index is 1040. The van der Waals surface area contributed by atoms with E-state index in [1.807, 2.05) is 0 Å². The molecule has 5 rings (SSSR count). The summed E-state index contributed by atoms with van der Waals surface area (Å²) in [5.41, 5.74) is 5.69. The van der Waals surface area contributed by atoms with Crippen LogP contribution in [0.1, 0.15) is 30.5 Å². The lowest BCUT2D eigenvalue weighted by atomic mass is 9.90. The SMILES string of the molecule is CN(C)Cc1c(-c2ccccc2)ccc2c(CCC3CCN(CC4OCCO4)CC3)noc12. The Morgan fingerprint density at radius 1 is 1.00 bits per heavy atom. The summed E-state index contributed by atoms with van der Waals surface area (Å²) in [5.74, 6) is 0.739. The average molecular weight is 450 g/mol. The van der Waals surface area contributed by atoms with Crippen LogP contribution in [0.5, 0.6) is 0 Å². The molecule has 1 aromatic heterocycles. The molecular formula is C27H35N3O3. The maximum atomic E-state index is 5.96. The van der Waals surface area contributed by atoms with Crippen LogP contribution in [0, 0.1) is 5.92 Å². The van der Waals surface area contributed by atoms with Gasteiger partial charge in [0.25, 0.3) is 0 Å². The Morgan fingerprint density at radius 2 is 1.76 bits per heavy atom. The highest BCUT2D eigenvalue weighted by Gasteiger charge is 2.25. The molecule has 0 radical (unpaired) electrons. The average Bonchev–Trinajstić information content (AvgIpc) is 3.49. The number of aryl methyl sites for hydroxylation is 1. The summed E-state index contributed by atoms with van der Waals surface area (Å²) in [6, 6.07) is 15.0. The van der Waals surface area contributed by atoms with Crippen LogP contribution in [0.15, 0.2) is 47.0 Å². The standard InChI is InChI=1S/C27H35N3O3/c1-29(2)18-24-22(21-6-4-3-5-7-21)9-10-23-25(28-33-27(23)24)11-8-20-12-14-30(15-13-20)19-26-31-16-17-32-26/h3-7,9-10,20,26H,8,11-19H2,1-2H3. The number of aromatic nitrogens is 1. The van der Waals surface area contributed by atoms with Gasteiger partial charge in [-0.2, -0.15) is 0 Å². The van der Waals surface area contributed by atoms with E-state index in [0.717, 1.165) is 69.4 Å². The Morgan fingerprint density at radius 3 is 2.48 bits per heavy atom. The van der Waals surface area contributed by atoms with E-state index < -0.39 is 0 Å². The molecule has 6 nitrogen and oxygen atoms in total. The lowest BCUT2D eigenvalue weighted by molar-refractivity contribution is -0.0661. The summed E-state index contributed by atoms with van der Waals surface area (Å²) in [4.78, 5) is 4.68. The van der Waals surface area contributed by atoms with Crippen molar-refractivity contribution in [3.8, 4) is 11.1 Å². The van der Waals surface area contributed by atoms with Gasteiger partial charge < -0.3 is 18.9 Å². The number of likely N-dealkylation sites (tertiary alicyclic amines) is 1. The first-order valence-electron chi connectivity index (χ1n) is 12.2. The van der Waals surface area contributed by atoms with Crippen molar-refractivity contribution < 1.29 is 14.0 Å². The molecule has 2 aliphatic rings. The van der Waals surface area contributed by atoms with Crippen LogP contribution in [0.25, 0.3) is 22.1 Å². The lowest BCUT2D eigenvalue weighted by Crippen LogP contribution is -2.39. The fraction of sp³-hybridized carbons (Fsp3) is 0.519. The van der Waals surface area contributed by atoms with Crippen molar-refractivity contribution in [3.05, 3.63) is 53.7 Å². The molecule has 0 amide bonds. The largest absolute Gasteiger partial charge is 0.356 e. The molecule has 0 atom stereocenters. The molecule has 3 heterocycles. The number of rotatable bonds is 8. The minimum absolute atomic E-state index is 0.0276. The van der Waals surface area contributed by atoms with Gasteiger partial charge in [0.15, 0.2) is 11.9 Å². The number of ether oxygens (including phenoxy) is 2. The van der Waals surface area contributed by atoms with Crippen molar-refractivity contribution in [2.75, 3.05) is 46.9 Å². The molecule has 0 saturated carbocycles. The molecule has 0 bridgehead atoms. The van der Waals surface area contributed by atoms with Crippen molar-refractivity contribution in [1.82, 2.24) is 15.0 Å². The molecule has 33 heavy (non-hydrogen) atoms. The molecular weight excluding hydrogens is 414 g/mol. The molecule has 0 aliphatic carbocycles. The van der Waals surface area contributed by atoms with Gasteiger partial charge in [-0.1, -0.05) is 41.6 Å². The van der Waals surface area contributed by atoms with Gasteiger partial charge in [0.05, 0.1) is 18.9 Å². The third-order valence-corrected chi connectivity index (χ3v) is 6.97. The number of hydrogen-bond donors (Lipinski definition) is 0. The topological polar surface area (TPSA) is 51.0 Å². The summed E-state index contributed by atoms with van der Waals surface area (Å²) in [6.45, 7) is 5.44. The second-order valence-electron chi connectivity index (χ2n) is 9.66. The third kappa shape index (κ3) is 5.30. The van der Waals surface area contributed by atoms with Gasteiger partial charge in [0, 0.05) is 24.0 Å². The van der Waals surface area contributed by atoms with E-state index in [9.17, 15) is 0 Å². The van der Waals surface area contributed by atoms with Crippen LogP contribution in [0.3, 0.4) is 0 Å². The molecule has 0 N–H and O–H groups in total. The first-order chi connectivity index (χ1) is 16.2. The first-order valence-corrected chi connectivity index (χ1v) is 12.2. The Labute approximate surface area is 196 Å². The molecule has 176 valence electrons. The minimum Gasteiger partial charge on any atom is -0.356 e. The molecule has 0 unspecified atom stereocenters. The van der Waals surface area contributed by atoms with Crippen LogP contribution in [0.2, 0.25) is 0 Å². The summed E-state index contributed by atoms with van der Waals surface area (Å²) in [6.07, 6.45) is 4.56. The molecule has 0 spiro atoms. The third-order valence-electron chi connectivity index (χ3n) is 6.97. The molecule has 2 fully saturated rings. The van der Waals surface area contributed by atoms with Gasteiger partial charge in [0.1, 0.15) is 0 Å². The molecule has 6 heteroatoms. The molecule has 2 saturated heterocycles. The highest BCUT2D eigenvalue weighted by Crippen LogP contribution is 2.34. The Balaban J connectivity index is 1.26. The predicted octanol–water partition coefficient (Wildman–Crippen LogP) is 4.57. The first kappa shape index (κ1) is 22.5. The van der Waals surface area contributed by atoms with E-state index in [2.05, 4.69) is 71.5 Å². The van der Waals surface area contributed by atoms with Crippen LogP contribution in [-0.2, 0) is 22.4 Å². The maximum absolute atomic E-state index is 5.96. The summed E-state index contributed by atoms with van der Waals surface area (Å²) in [5, 5.41) is 5.70. The fourth-order valence-corrected chi connectivity index (χ4v) is 5.17. The van der Waals surface area contributed by atoms with Gasteiger partial charge in [-0.15, -0.1) is 0 Å². The normalized spacial score (nSPS) is 18.6. The smallest absolute Gasteiger partial charge is 0.172 e. The van der Waals surface area contributed by atoms with E-state index in [-0.39, 0.29) is 6.29 Å². The molecule has 2 aromatic carbocycles. The van der Waals surface area contributed by atoms with E-state index in [4.69, 9.17) is 14.0 Å². The Hall–Kier alpha value is -2.25. The van der Waals surface area contributed by atoms with Crippen LogP contribution in [-0.4, -0.2) is 68.2 Å². The highest BCUT2D eigenvalue weighted by molar-refractivity contribution is 5.89. The molecule has 3 aromatic rings.